The van der Waals surface area contributed by atoms with E-state index in [1.807, 2.05) is 74.6 Å². The predicted octanol–water partition coefficient (Wildman–Crippen LogP) is -6.93. The molecular formula is C76H79K3N27Na3O23S8. The molecule has 5 aromatic carbocycles. The van der Waals surface area contributed by atoms with Gasteiger partial charge in [0.05, 0.1) is 52.2 Å². The SMILES string of the molecule is C.C.C.CC(C)(C)c1[nH]n2nc(-c3ccc(C(=O)NCS(=O)(=O)[O-])cc3)nc2c1N=Nc1noc2cc(S(=O)(=O)[O-])ccc12.CC(C)(C)c1[nH]n2nc(-c3ccc(NC(=O)c4cc(S(=O)(=O)[O-])cc(S(=O)(=O)[O-])c4)cc3)nc2c1N=Nc1nc(SCCS(=O)(=O)[O-])ns1.CC(CCc1cccc(S(=O)(=O)[O-])c1)c1nc2c(N=Nc3nc(C#N)c(C#N)n3CC(=O)O)c(C(C)(C)C)[nH]n2n1.[K+].[K+].[K+].[Na+].[Na+].[Na+]. The number of aromatic nitrogens is 17. The van der Waals surface area contributed by atoms with Crippen LogP contribution in [0.15, 0.2) is 169 Å². The summed E-state index contributed by atoms with van der Waals surface area (Å²) in [7, 11) is -28.6. The first kappa shape index (κ1) is 128. The molecule has 0 aliphatic heterocycles. The molecule has 0 fully saturated rings. The number of fused-ring (bicyclic) bond motifs is 4. The van der Waals surface area contributed by atoms with E-state index in [0.717, 1.165) is 40.0 Å². The number of azo groups is 3. The Kier molecular flexibility index (Phi) is 47.5. The zero-order chi connectivity index (χ0) is 95.8. The van der Waals surface area contributed by atoms with Crippen LogP contribution >= 0.6 is 23.3 Å². The van der Waals surface area contributed by atoms with Crippen LogP contribution in [-0.4, -0.2) is 202 Å². The number of carbonyl (C=O) groups is 3. The molecule has 6 N–H and O–H groups in total. The van der Waals surface area contributed by atoms with Crippen molar-refractivity contribution >= 4 is 169 Å². The van der Waals surface area contributed by atoms with Crippen molar-refractivity contribution < 1.29 is 345 Å². The Labute approximate surface area is 1000 Å². The zero-order valence-corrected chi connectivity index (χ0v) is 97.1. The number of anilines is 1. The fourth-order valence-corrected chi connectivity index (χ4v) is 16.8. The number of benzene rings is 5. The second-order valence-corrected chi connectivity index (χ2v) is 41.5. The summed E-state index contributed by atoms with van der Waals surface area (Å²) in [6.45, 7) is 18.7. The van der Waals surface area contributed by atoms with Gasteiger partial charge in [0, 0.05) is 79.2 Å². The molecule has 0 saturated heterocycles. The Hall–Kier alpha value is -5.71. The van der Waals surface area contributed by atoms with Gasteiger partial charge in [-0.05, 0) is 97.3 Å². The van der Waals surface area contributed by atoms with Gasteiger partial charge in [-0.15, -0.1) is 46.0 Å². The van der Waals surface area contributed by atoms with Crippen molar-refractivity contribution in [3.05, 3.63) is 160 Å². The molecule has 0 bridgehead atoms. The van der Waals surface area contributed by atoms with Crippen molar-refractivity contribution in [1.82, 2.24) is 88.8 Å². The molecular weight excluding hydrogens is 2100 g/mol. The predicted molar refractivity (Wildman–Crippen MR) is 472 cm³/mol. The van der Waals surface area contributed by atoms with Crippen LogP contribution in [0.1, 0.15) is 164 Å². The van der Waals surface area contributed by atoms with E-state index in [9.17, 15) is 108 Å². The maximum absolute atomic E-state index is 12.8. The average Bonchev–Trinajstić information content (AvgIpc) is 1.61. The number of hydrogen-bond donors (Lipinski definition) is 6. The van der Waals surface area contributed by atoms with E-state index in [2.05, 4.69) is 101 Å². The second-order valence-electron chi connectivity index (χ2n) is 31.3. The number of thioether (sulfide) groups is 1. The Morgan fingerprint density at radius 1 is 0.557 bits per heavy atom. The molecule has 0 spiro atoms. The van der Waals surface area contributed by atoms with Gasteiger partial charge < -0.3 is 47.6 Å². The number of nitrogens with one attached hydrogen (secondary N) is 5. The van der Waals surface area contributed by atoms with E-state index in [1.165, 1.54) is 62.4 Å². The number of amides is 2. The number of nitrogens with zero attached hydrogens (tertiary/aromatic N) is 22. The van der Waals surface area contributed by atoms with Crippen molar-refractivity contribution in [3.63, 3.8) is 0 Å². The summed E-state index contributed by atoms with van der Waals surface area (Å²) >= 11 is 1.92. The van der Waals surface area contributed by atoms with E-state index in [4.69, 9.17) is 4.52 Å². The Morgan fingerprint density at radius 3 is 1.52 bits per heavy atom. The normalized spacial score (nSPS) is 12.2. The van der Waals surface area contributed by atoms with Crippen LogP contribution in [0.25, 0.3) is 50.7 Å². The first-order valence-electron chi connectivity index (χ1n) is 37.5. The molecule has 140 heavy (non-hydrogen) atoms. The molecule has 1 unspecified atom stereocenters. The van der Waals surface area contributed by atoms with Crippen LogP contribution in [0.3, 0.4) is 0 Å². The summed E-state index contributed by atoms with van der Waals surface area (Å²) in [4.78, 5) is 55.4. The number of aromatic amines is 3. The van der Waals surface area contributed by atoms with E-state index >= 15 is 0 Å². The number of aliphatic carboxylic acids is 1. The molecule has 50 nitrogen and oxygen atoms in total. The van der Waals surface area contributed by atoms with Crippen molar-refractivity contribution in [1.29, 1.82) is 10.5 Å². The van der Waals surface area contributed by atoms with Gasteiger partial charge in [0.25, 0.3) is 17.8 Å². The molecule has 14 aromatic rings. The van der Waals surface area contributed by atoms with Gasteiger partial charge in [0.2, 0.25) is 33.0 Å². The molecule has 0 radical (unpaired) electrons. The van der Waals surface area contributed by atoms with E-state index < -0.39 is 133 Å². The fourth-order valence-electron chi connectivity index (χ4n) is 12.0. The molecule has 710 valence electrons. The van der Waals surface area contributed by atoms with E-state index in [1.54, 1.807) is 42.5 Å². The number of hydrogen-bond acceptors (Lipinski definition) is 42. The third-order valence-corrected chi connectivity index (χ3v) is 24.7. The molecule has 64 heteroatoms. The number of carboxylic acid groups (broad SMARTS) is 1. The molecule has 14 rings (SSSR count). The number of carbonyl (C=O) groups excluding carboxylic acids is 2. The minimum atomic E-state index is -5.19. The maximum Gasteiger partial charge on any atom is 1.00 e. The van der Waals surface area contributed by atoms with E-state index in [0.29, 0.717) is 110 Å². The fraction of sp³-hybridized carbons (Fsp3) is 0.303. The summed E-state index contributed by atoms with van der Waals surface area (Å²) in [5.41, 5.74) is 3.63. The number of H-pyrrole nitrogens is 3. The van der Waals surface area contributed by atoms with Gasteiger partial charge in [-0.3, -0.25) is 34.2 Å². The first-order chi connectivity index (χ1) is 61.0. The number of carboxylic acids is 1. The Balaban J connectivity index is 0.000000526. The quantitative estimate of drug-likeness (QED) is 0.0121. The summed E-state index contributed by atoms with van der Waals surface area (Å²) in [6, 6.07) is 26.7. The van der Waals surface area contributed by atoms with Crippen molar-refractivity contribution in [2.75, 3.05) is 22.7 Å². The summed E-state index contributed by atoms with van der Waals surface area (Å²) in [6.07, 6.45) is 1.03. The minimum absolute atomic E-state index is 0. The van der Waals surface area contributed by atoms with Gasteiger partial charge in [-0.25, -0.2) is 65.5 Å². The van der Waals surface area contributed by atoms with Gasteiger partial charge in [0.15, 0.2) is 51.5 Å². The van der Waals surface area contributed by atoms with E-state index in [-0.39, 0.29) is 344 Å². The first-order valence-corrected chi connectivity index (χ1v) is 48.0. The molecule has 0 aliphatic rings. The minimum Gasteiger partial charge on any atom is -0.748 e. The molecule has 0 saturated carbocycles. The van der Waals surface area contributed by atoms with Gasteiger partial charge in [0.1, 0.15) is 75.2 Å². The zero-order valence-electron chi connectivity index (χ0n) is 75.2. The molecule has 1 atom stereocenters. The number of imidazole rings is 1. The topological polar surface area (TPSA) is 768 Å². The number of rotatable bonds is 27. The molecule has 2 amide bonds. The number of nitriles is 2. The summed E-state index contributed by atoms with van der Waals surface area (Å²) < 4.78 is 216. The monoisotopic (exact) mass is 2180 g/mol. The van der Waals surface area contributed by atoms with Crippen molar-refractivity contribution in [2.24, 2.45) is 30.7 Å². The van der Waals surface area contributed by atoms with Crippen molar-refractivity contribution in [3.8, 4) is 34.9 Å². The average molecular weight is 2180 g/mol. The standard InChI is InChI=1S/C25H26N10O5S.C25H25N9O10S5.C23H22N8O8S2.3CH4.3K.3Na/c1-14(8-9-15-6-5-7-16(10-15)41(38,39)40)22-29-23-20(21(25(2,3)4)32-35(23)33-22)30-31-24-28-17(11-26)18(12-27)34(24)13-19(36)37;1-25(2,3)19-18(29-30-23-28-24(33-46-23)45-8-9-47(36,37)38)21-27-20(32-34(21)31-19)13-4-6-15(7-5-13)26-22(35)14-10-16(48(39,40)41)12-17(11-14)49(42,43)44;1-23(2,3)18-17(26-27-20-15-9-8-14(41(36,37)38)10-16(15)39-30-20)21-25-19(29-31(21)28-18)12-4-6-13(7-5-12)22(32)24-11-40(33,34)35;;;;;;;;;/h5-7,10,14,32H,8-9,13H2,1-4H3,(H,36,37)(H,38,39,40);4-7,10-12,31H,8-9H2,1-3H3,(H,26,35)(H,36,37,38)(H,39,40,41)(H,42,43,44);4-10,28H,11H2,1-3H3,(H,24,32)(H,33,34,35)(H,36,37,38);3*1H4;;;;;;/q;;;;;;6*+1/p-6. The number of aryl methyl sites for hydroxylation is 1. The second kappa shape index (κ2) is 51.8. The van der Waals surface area contributed by atoms with Crippen LogP contribution in [0.2, 0.25) is 0 Å². The van der Waals surface area contributed by atoms with Crippen LogP contribution < -0.4 is 253 Å². The van der Waals surface area contributed by atoms with Gasteiger partial charge in [-0.2, -0.15) is 38.8 Å². The summed E-state index contributed by atoms with van der Waals surface area (Å²) in [5.74, 6) is -3.91. The largest absolute Gasteiger partial charge is 1.00 e. The molecule has 9 aromatic heterocycles. The van der Waals surface area contributed by atoms with Gasteiger partial charge >= 0.3 is 249 Å². The van der Waals surface area contributed by atoms with Crippen LogP contribution in [0.4, 0.5) is 39.6 Å². The van der Waals surface area contributed by atoms with Crippen LogP contribution in [0, 0.1) is 22.7 Å². The Bertz CT molecular complexity index is 7780. The summed E-state index contributed by atoms with van der Waals surface area (Å²) in [5, 5.41) is 85.5. The maximum atomic E-state index is 12.8. The van der Waals surface area contributed by atoms with Crippen molar-refractivity contribution in [2.45, 2.75) is 158 Å². The third-order valence-electron chi connectivity index (χ3n) is 18.4. The molecule has 0 aliphatic carbocycles. The van der Waals surface area contributed by atoms with Crippen LogP contribution in [-0.2, 0) is 94.7 Å². The third kappa shape index (κ3) is 33.1. The smallest absolute Gasteiger partial charge is 0.748 e. The molecule has 9 heterocycles. The van der Waals surface area contributed by atoms with Crippen LogP contribution in [0.5, 0.6) is 0 Å². The Morgan fingerprint density at radius 2 is 1.04 bits per heavy atom. The van der Waals surface area contributed by atoms with Gasteiger partial charge in [-0.1, -0.05) is 133 Å².